The highest BCUT2D eigenvalue weighted by atomic mass is 32.3. The summed E-state index contributed by atoms with van der Waals surface area (Å²) in [6.45, 7) is 0. The summed E-state index contributed by atoms with van der Waals surface area (Å²) in [4.78, 5) is 0. The molecule has 0 saturated carbocycles. The van der Waals surface area contributed by atoms with Gasteiger partial charge in [0.2, 0.25) is 0 Å². The smallest absolute Gasteiger partial charge is 0.396 e. The Hall–Kier alpha value is -0.140. The highest BCUT2D eigenvalue weighted by Crippen LogP contribution is 2.24. The van der Waals surface area contributed by atoms with Crippen LogP contribution in [0.1, 0.15) is 0 Å². The highest BCUT2D eigenvalue weighted by Gasteiger charge is 2.31. The Morgan fingerprint density at radius 2 is 1.70 bits per heavy atom. The predicted molar refractivity (Wildman–Crippen MR) is 26.5 cm³/mol. The maximum Gasteiger partial charge on any atom is 0.396 e. The number of hydrogen-bond acceptors (Lipinski definition) is 3. The van der Waals surface area contributed by atoms with Crippen LogP contribution in [-0.2, 0) is 9.63 Å². The minimum Gasteiger partial charge on any atom is -0.798 e. The molecule has 0 aliphatic rings. The van der Waals surface area contributed by atoms with E-state index in [0.29, 0.717) is 0 Å². The van der Waals surface area contributed by atoms with Gasteiger partial charge in [-0.05, 0) is 6.26 Å². The largest absolute Gasteiger partial charge is 0.798 e. The van der Waals surface area contributed by atoms with Crippen molar-refractivity contribution in [3.05, 3.63) is 0 Å². The van der Waals surface area contributed by atoms with Crippen LogP contribution in [0.2, 0.25) is 0 Å². The van der Waals surface area contributed by atoms with Gasteiger partial charge in [-0.2, -0.15) is 13.2 Å². The first-order valence-electron chi connectivity index (χ1n) is 2.12. The van der Waals surface area contributed by atoms with Crippen molar-refractivity contribution >= 4 is 9.63 Å². The first kappa shape index (κ1) is 9.86. The first-order chi connectivity index (χ1) is 3.96. The number of sulfone groups is 3. The maximum atomic E-state index is 11.2. The van der Waals surface area contributed by atoms with Crippen LogP contribution in [0, 0.1) is 0 Å². The summed E-state index contributed by atoms with van der Waals surface area (Å²) in [6, 6.07) is 0. The van der Waals surface area contributed by atoms with E-state index in [-0.39, 0.29) is 6.26 Å². The van der Waals surface area contributed by atoms with E-state index in [9.17, 15) is 26.5 Å². The third-order valence-corrected chi connectivity index (χ3v) is 1.45. The van der Waals surface area contributed by atoms with E-state index in [1.807, 2.05) is 0 Å². The molecule has 0 bridgehead atoms. The van der Waals surface area contributed by atoms with Crippen LogP contribution in [0.15, 0.2) is 0 Å². The van der Waals surface area contributed by atoms with E-state index >= 15 is 0 Å². The highest BCUT2D eigenvalue weighted by molar-refractivity contribution is 8.09. The van der Waals surface area contributed by atoms with Gasteiger partial charge in [0.15, 0.2) is 0 Å². The molecule has 0 aromatic rings. The van der Waals surface area contributed by atoms with E-state index in [1.54, 1.807) is 0 Å². The molecule has 64 valence electrons. The summed E-state index contributed by atoms with van der Waals surface area (Å²) in [5.74, 6) is -2.30. The average Bonchev–Trinajstić information content (AvgIpc) is 1.09. The topological polar surface area (TPSA) is 63.2 Å². The molecule has 0 saturated heterocycles. The van der Waals surface area contributed by atoms with E-state index < -0.39 is 21.6 Å². The van der Waals surface area contributed by atoms with Gasteiger partial charge in [0.25, 0.3) is 0 Å². The lowest BCUT2D eigenvalue weighted by Gasteiger charge is -2.51. The summed E-state index contributed by atoms with van der Waals surface area (Å²) in [7, 11) is -5.89. The average molecular weight is 178 g/mol. The molecule has 0 N–H and O–H groups in total. The van der Waals surface area contributed by atoms with Crippen molar-refractivity contribution in [1.82, 2.24) is 0 Å². The Morgan fingerprint density at radius 3 is 1.70 bits per heavy atom. The Bertz CT molecular complexity index is 179. The summed E-state index contributed by atoms with van der Waals surface area (Å²) < 4.78 is 63.6. The van der Waals surface area contributed by atoms with Gasteiger partial charge in [-0.15, -0.1) is 0 Å². The number of alkyl halides is 3. The number of hydrogen-bond donors (Lipinski definition) is 0. The molecule has 0 spiro atoms. The van der Waals surface area contributed by atoms with Crippen LogP contribution < -0.4 is 0 Å². The van der Waals surface area contributed by atoms with Gasteiger partial charge in [-0.3, -0.25) is 0 Å². The van der Waals surface area contributed by atoms with Crippen LogP contribution in [0.25, 0.3) is 0 Å². The van der Waals surface area contributed by atoms with Crippen molar-refractivity contribution in [3.63, 3.8) is 0 Å². The zero-order valence-corrected chi connectivity index (χ0v) is 5.79. The monoisotopic (exact) mass is 178 g/mol. The van der Waals surface area contributed by atoms with Crippen LogP contribution in [0.5, 0.6) is 0 Å². The van der Waals surface area contributed by atoms with Gasteiger partial charge >= 0.3 is 6.18 Å². The molecular weight excluding hydrogens is 173 g/mol. The van der Waals surface area contributed by atoms with Gasteiger partial charge < -0.3 is 13.3 Å². The molecule has 10 heavy (non-hydrogen) atoms. The van der Waals surface area contributed by atoms with Crippen LogP contribution >= 0.6 is 0 Å². The number of halogens is 3. The van der Waals surface area contributed by atoms with Crippen molar-refractivity contribution in [2.24, 2.45) is 0 Å². The van der Waals surface area contributed by atoms with Gasteiger partial charge in [-0.25, -0.2) is 9.63 Å². The van der Waals surface area contributed by atoms with Crippen molar-refractivity contribution in [1.29, 1.82) is 0 Å². The molecule has 0 aromatic carbocycles. The molecule has 0 atom stereocenters. The molecule has 0 unspecified atom stereocenters. The lowest BCUT2D eigenvalue weighted by Crippen LogP contribution is -2.41. The normalized spacial score (nSPS) is 18.0. The van der Waals surface area contributed by atoms with E-state index in [2.05, 4.69) is 0 Å². The molecule has 0 radical (unpaired) electrons. The van der Waals surface area contributed by atoms with Crippen molar-refractivity contribution in [2.75, 3.05) is 12.0 Å². The summed E-state index contributed by atoms with van der Waals surface area (Å²) in [6.07, 6.45) is -4.91. The van der Waals surface area contributed by atoms with E-state index in [1.165, 1.54) is 0 Å². The zero-order chi connectivity index (χ0) is 8.65. The fourth-order valence-corrected chi connectivity index (χ4v) is 1.09. The quantitative estimate of drug-likeness (QED) is 0.578. The second kappa shape index (κ2) is 1.93. The van der Waals surface area contributed by atoms with Gasteiger partial charge in [0, 0.05) is 0 Å². The Morgan fingerprint density at radius 1 is 1.40 bits per heavy atom. The van der Waals surface area contributed by atoms with Crippen molar-refractivity contribution < 1.29 is 26.5 Å². The van der Waals surface area contributed by atoms with Gasteiger partial charge in [-0.1, -0.05) is 0 Å². The molecule has 0 aliphatic heterocycles. The molecule has 0 rings (SSSR count). The molecule has 3 nitrogen and oxygen atoms in total. The fourth-order valence-electron chi connectivity index (χ4n) is 0.364. The Labute approximate surface area is 55.3 Å². The van der Waals surface area contributed by atoms with Gasteiger partial charge in [0.1, 0.15) is 0 Å². The summed E-state index contributed by atoms with van der Waals surface area (Å²) in [5, 5.41) is 0. The standard InChI is InChI=1S/C3H7F3O3S/c1-10(7,8,9)2-3(4,5)6/h2H2,1H3,(H2,7,8,9)/p-2. The second-order valence-electron chi connectivity index (χ2n) is 2.11. The maximum absolute atomic E-state index is 11.2. The third kappa shape index (κ3) is 7.86. The second-order valence-corrected chi connectivity index (χ2v) is 5.09. The lowest BCUT2D eigenvalue weighted by molar-refractivity contribution is -0.109. The van der Waals surface area contributed by atoms with Crippen LogP contribution in [-0.4, -0.2) is 31.5 Å². The van der Waals surface area contributed by atoms with E-state index in [0.717, 1.165) is 0 Å². The van der Waals surface area contributed by atoms with Crippen molar-refractivity contribution in [2.45, 2.75) is 6.18 Å². The molecule has 0 heterocycles. The number of rotatable bonds is 1. The van der Waals surface area contributed by atoms with Gasteiger partial charge in [0.05, 0.1) is 5.75 Å². The Balaban J connectivity index is 4.34. The SMILES string of the molecule is CS(=O)([O-])([O-])CC(F)(F)F. The Kier molecular flexibility index (Phi) is 1.90. The summed E-state index contributed by atoms with van der Waals surface area (Å²) in [5.41, 5.74) is 0. The lowest BCUT2D eigenvalue weighted by atomic mass is 10.8. The fraction of sp³-hybridized carbons (Fsp3) is 1.00. The third-order valence-electron chi connectivity index (χ3n) is 0.485. The molecule has 0 aliphatic carbocycles. The first-order valence-corrected chi connectivity index (χ1v) is 4.51. The minimum absolute atomic E-state index is 0.0324. The van der Waals surface area contributed by atoms with Crippen LogP contribution in [0.4, 0.5) is 13.2 Å². The molecule has 0 aromatic heterocycles. The van der Waals surface area contributed by atoms with Crippen LogP contribution in [0.3, 0.4) is 0 Å². The zero-order valence-electron chi connectivity index (χ0n) is 4.97. The molecule has 0 amide bonds. The van der Waals surface area contributed by atoms with Crippen molar-refractivity contribution in [3.8, 4) is 0 Å². The minimum atomic E-state index is -5.89. The summed E-state index contributed by atoms with van der Waals surface area (Å²) >= 11 is 0. The predicted octanol–water partition coefficient (Wildman–Crippen LogP) is 0.259. The molecular formula is C3H5F3O3S-2. The molecule has 7 heteroatoms. The van der Waals surface area contributed by atoms with E-state index in [4.69, 9.17) is 0 Å². The molecule has 0 fully saturated rings.